The van der Waals surface area contributed by atoms with Crippen molar-refractivity contribution >= 4 is 22.4 Å². The van der Waals surface area contributed by atoms with Crippen LogP contribution < -0.4 is 11.1 Å². The Morgan fingerprint density at radius 1 is 1.56 bits per heavy atom. The highest BCUT2D eigenvalue weighted by Crippen LogP contribution is 2.25. The lowest BCUT2D eigenvalue weighted by molar-refractivity contribution is 1.13. The van der Waals surface area contributed by atoms with Crippen molar-refractivity contribution in [2.24, 2.45) is 10.7 Å². The fourth-order valence-corrected chi connectivity index (χ4v) is 1.85. The van der Waals surface area contributed by atoms with Gasteiger partial charge in [-0.05, 0) is 12.5 Å². The highest BCUT2D eigenvalue weighted by atomic mass is 35.5. The molecule has 2 aromatic carbocycles. The number of hydrogen-bond donors (Lipinski definition) is 1. The molecule has 2 rings (SSSR count). The summed E-state index contributed by atoms with van der Waals surface area (Å²) in [5.74, 6) is 0. The van der Waals surface area contributed by atoms with E-state index in [4.69, 9.17) is 17.3 Å². The number of halogens is 1. The summed E-state index contributed by atoms with van der Waals surface area (Å²) in [5.41, 5.74) is 6.90. The van der Waals surface area contributed by atoms with Crippen LogP contribution in [0.25, 0.3) is 10.8 Å². The molecule has 16 heavy (non-hydrogen) atoms. The van der Waals surface area contributed by atoms with Gasteiger partial charge in [-0.15, -0.1) is 0 Å². The Kier molecular flexibility index (Phi) is 2.84. The molecule has 3 heteroatoms. The molecule has 0 atom stereocenters. The summed E-state index contributed by atoms with van der Waals surface area (Å²) < 4.78 is 0. The van der Waals surface area contributed by atoms with Crippen LogP contribution >= 0.6 is 11.6 Å². The second-order valence-electron chi connectivity index (χ2n) is 3.65. The Morgan fingerprint density at radius 2 is 2.31 bits per heavy atom. The van der Waals surface area contributed by atoms with Crippen LogP contribution in [0.4, 0.5) is 0 Å². The van der Waals surface area contributed by atoms with E-state index in [9.17, 15) is 0 Å². The van der Waals surface area contributed by atoms with Gasteiger partial charge in [0.25, 0.3) is 0 Å². The van der Waals surface area contributed by atoms with E-state index in [2.05, 4.69) is 11.6 Å². The molecule has 0 radical (unpaired) electrons. The number of allylic oxidation sites excluding steroid dienone is 1. The number of nitrogens with zero attached hydrogens (tertiary/aromatic N) is 1. The van der Waals surface area contributed by atoms with Crippen LogP contribution in [0.3, 0.4) is 0 Å². The lowest BCUT2D eigenvalue weighted by atomic mass is 10.3. The van der Waals surface area contributed by atoms with Gasteiger partial charge >= 0.3 is 0 Å². The minimum Gasteiger partial charge on any atom is -0.397 e. The van der Waals surface area contributed by atoms with Gasteiger partial charge in [0.1, 0.15) is 0 Å². The Balaban J connectivity index is 2.50. The normalized spacial score (nSPS) is 13.9. The first kappa shape index (κ1) is 11.0. The van der Waals surface area contributed by atoms with E-state index in [1.807, 2.05) is 31.2 Å². The van der Waals surface area contributed by atoms with Crippen molar-refractivity contribution in [3.05, 3.63) is 52.6 Å². The van der Waals surface area contributed by atoms with Crippen LogP contribution in [0, 0.1) is 0 Å². The number of rotatable bonds is 3. The lowest BCUT2D eigenvalue weighted by Gasteiger charge is -1.96. The van der Waals surface area contributed by atoms with Crippen LogP contribution in [-0.4, -0.2) is 0 Å². The van der Waals surface area contributed by atoms with Gasteiger partial charge in [-0.1, -0.05) is 43.3 Å². The van der Waals surface area contributed by atoms with E-state index in [0.717, 1.165) is 33.3 Å². The molecule has 0 aliphatic heterocycles. The van der Waals surface area contributed by atoms with E-state index in [1.54, 1.807) is 0 Å². The van der Waals surface area contributed by atoms with Crippen molar-refractivity contribution in [3.63, 3.8) is 0 Å². The summed E-state index contributed by atoms with van der Waals surface area (Å²) in [6, 6.07) is 5.79. The molecule has 2 N–H and O–H groups in total. The molecule has 0 saturated heterocycles. The monoisotopic (exact) mass is 232 g/mol. The van der Waals surface area contributed by atoms with Gasteiger partial charge in [0.15, 0.2) is 0 Å². The van der Waals surface area contributed by atoms with Crippen molar-refractivity contribution in [2.45, 2.75) is 13.3 Å². The smallest absolute Gasteiger partial charge is 0.0820 e. The van der Waals surface area contributed by atoms with Crippen LogP contribution in [0.15, 0.2) is 47.2 Å². The van der Waals surface area contributed by atoms with Gasteiger partial charge in [-0.2, -0.15) is 0 Å². The fourth-order valence-electron chi connectivity index (χ4n) is 1.59. The molecule has 0 fully saturated rings. The van der Waals surface area contributed by atoms with Crippen LogP contribution in [0.1, 0.15) is 13.3 Å². The zero-order chi connectivity index (χ0) is 11.7. The Bertz CT molecular complexity index is 598. The SMILES string of the molecule is C=C(N)C(=C/CC)/N=c1/c2cccc(Cl)c12. The second kappa shape index (κ2) is 4.14. The third-order valence-electron chi connectivity index (χ3n) is 2.40. The summed E-state index contributed by atoms with van der Waals surface area (Å²) >= 11 is 6.04. The molecule has 2 nitrogen and oxygen atoms in total. The van der Waals surface area contributed by atoms with Gasteiger partial charge in [0.2, 0.25) is 0 Å². The third kappa shape index (κ3) is 1.89. The quantitative estimate of drug-likeness (QED) is 0.812. The van der Waals surface area contributed by atoms with Gasteiger partial charge < -0.3 is 5.73 Å². The van der Waals surface area contributed by atoms with E-state index < -0.39 is 0 Å². The molecule has 0 amide bonds. The van der Waals surface area contributed by atoms with Crippen molar-refractivity contribution in [1.82, 2.24) is 0 Å². The molecule has 0 unspecified atom stereocenters. The van der Waals surface area contributed by atoms with Crippen molar-refractivity contribution in [3.8, 4) is 0 Å². The predicted octanol–water partition coefficient (Wildman–Crippen LogP) is 3.04. The zero-order valence-corrected chi connectivity index (χ0v) is 9.88. The number of benzene rings is 1. The lowest BCUT2D eigenvalue weighted by Crippen LogP contribution is -1.99. The molecular weight excluding hydrogens is 220 g/mol. The standard InChI is InChI=1S/C13H13ClN2/c1-3-5-11(8(2)15)16-13-9-6-4-7-10(14)12(9)13/h4-7H,2-3,15H2,1H3/b11-5-,16-13-. The molecule has 0 heterocycles. The summed E-state index contributed by atoms with van der Waals surface area (Å²) in [4.78, 5) is 4.47. The average molecular weight is 233 g/mol. The first-order valence-corrected chi connectivity index (χ1v) is 5.55. The van der Waals surface area contributed by atoms with Gasteiger partial charge in [-0.3, -0.25) is 0 Å². The van der Waals surface area contributed by atoms with Gasteiger partial charge in [0, 0.05) is 16.5 Å². The van der Waals surface area contributed by atoms with E-state index in [-0.39, 0.29) is 0 Å². The molecule has 2 aromatic rings. The molecular formula is C13H13ClN2. The average Bonchev–Trinajstić information content (AvgIpc) is 2.92. The minimum atomic E-state index is 0.489. The summed E-state index contributed by atoms with van der Waals surface area (Å²) in [6.07, 6.45) is 2.84. The maximum Gasteiger partial charge on any atom is 0.0820 e. The zero-order valence-electron chi connectivity index (χ0n) is 9.13. The molecule has 82 valence electrons. The van der Waals surface area contributed by atoms with E-state index >= 15 is 0 Å². The summed E-state index contributed by atoms with van der Waals surface area (Å²) in [5, 5.41) is 3.82. The van der Waals surface area contributed by atoms with Crippen LogP contribution in [0.5, 0.6) is 0 Å². The number of hydrogen-bond acceptors (Lipinski definition) is 2. The first-order chi connectivity index (χ1) is 7.65. The third-order valence-corrected chi connectivity index (χ3v) is 2.72. The molecule has 0 aromatic heterocycles. The summed E-state index contributed by atoms with van der Waals surface area (Å²) in [7, 11) is 0. The fraction of sp³-hybridized carbons (Fsp3) is 0.154. The van der Waals surface area contributed by atoms with Gasteiger partial charge in [-0.25, -0.2) is 4.99 Å². The van der Waals surface area contributed by atoms with Crippen molar-refractivity contribution in [2.75, 3.05) is 0 Å². The highest BCUT2D eigenvalue weighted by Gasteiger charge is 2.13. The number of fused-ring (bicyclic) bond motifs is 1. The highest BCUT2D eigenvalue weighted by molar-refractivity contribution is 6.37. The second-order valence-corrected chi connectivity index (χ2v) is 4.05. The topological polar surface area (TPSA) is 38.4 Å². The van der Waals surface area contributed by atoms with Crippen LogP contribution in [-0.2, 0) is 0 Å². The maximum atomic E-state index is 6.04. The Labute approximate surface area is 99.4 Å². The molecule has 0 saturated carbocycles. The van der Waals surface area contributed by atoms with E-state index in [0.29, 0.717) is 5.70 Å². The minimum absolute atomic E-state index is 0.489. The first-order valence-electron chi connectivity index (χ1n) is 5.18. The van der Waals surface area contributed by atoms with Crippen LogP contribution in [0.2, 0.25) is 5.02 Å². The maximum absolute atomic E-state index is 6.04. The largest absolute Gasteiger partial charge is 0.397 e. The summed E-state index contributed by atoms with van der Waals surface area (Å²) in [6.45, 7) is 5.75. The van der Waals surface area contributed by atoms with Gasteiger partial charge in [0.05, 0.1) is 16.1 Å². The predicted molar refractivity (Wildman–Crippen MR) is 68.6 cm³/mol. The molecule has 0 aliphatic carbocycles. The van der Waals surface area contributed by atoms with Crippen molar-refractivity contribution < 1.29 is 0 Å². The molecule has 0 aliphatic rings. The number of nitrogens with two attached hydrogens (primary N) is 1. The molecule has 0 spiro atoms. The van der Waals surface area contributed by atoms with Crippen molar-refractivity contribution in [1.29, 1.82) is 0 Å². The van der Waals surface area contributed by atoms with E-state index in [1.165, 1.54) is 0 Å². The Hall–Kier alpha value is -1.54. The molecule has 0 bridgehead atoms. The Morgan fingerprint density at radius 3 is 2.88 bits per heavy atom.